The van der Waals surface area contributed by atoms with Gasteiger partial charge in [0, 0.05) is 18.8 Å². The van der Waals surface area contributed by atoms with Crippen LogP contribution >= 0.6 is 0 Å². The molecule has 2 N–H and O–H groups in total. The molecule has 5 heteroatoms. The third-order valence-electron chi connectivity index (χ3n) is 5.14. The van der Waals surface area contributed by atoms with E-state index in [9.17, 15) is 8.42 Å². The maximum atomic E-state index is 12.8. The van der Waals surface area contributed by atoms with Gasteiger partial charge in [-0.15, -0.1) is 0 Å². The highest BCUT2D eigenvalue weighted by Gasteiger charge is 2.36. The zero-order valence-electron chi connectivity index (χ0n) is 12.6. The van der Waals surface area contributed by atoms with Crippen molar-refractivity contribution < 1.29 is 8.42 Å². The van der Waals surface area contributed by atoms with Crippen molar-refractivity contribution in [3.05, 3.63) is 23.8 Å². The Morgan fingerprint density at radius 2 is 1.86 bits per heavy atom. The number of sulfonamides is 1. The summed E-state index contributed by atoms with van der Waals surface area (Å²) in [5.74, 6) is 1.28. The van der Waals surface area contributed by atoms with Gasteiger partial charge in [0.15, 0.2) is 0 Å². The molecule has 1 aromatic carbocycles. The fourth-order valence-electron chi connectivity index (χ4n) is 3.71. The van der Waals surface area contributed by atoms with E-state index in [1.807, 2.05) is 6.92 Å². The first-order chi connectivity index (χ1) is 9.98. The van der Waals surface area contributed by atoms with Crippen LogP contribution in [0.3, 0.4) is 0 Å². The molecule has 1 aromatic rings. The lowest BCUT2D eigenvalue weighted by Gasteiger charge is -2.40. The molecule has 116 valence electrons. The Kier molecular flexibility index (Phi) is 3.97. The standard InChI is InChI=1S/C16H24N2O2S/c1-12-6-7-15(10-16(12)17)21(19,20)18-9-8-13-4-2-3-5-14(13)11-18/h6-7,10,13-14H,2-5,8-9,11,17H2,1H3. The monoisotopic (exact) mass is 308 g/mol. The molecule has 1 heterocycles. The first kappa shape index (κ1) is 14.9. The predicted molar refractivity (Wildman–Crippen MR) is 84.4 cm³/mol. The molecule has 0 spiro atoms. The lowest BCUT2D eigenvalue weighted by Crippen LogP contribution is -2.44. The van der Waals surface area contributed by atoms with E-state index in [2.05, 4.69) is 0 Å². The van der Waals surface area contributed by atoms with Gasteiger partial charge in [0.25, 0.3) is 0 Å². The van der Waals surface area contributed by atoms with Crippen LogP contribution in [0, 0.1) is 18.8 Å². The van der Waals surface area contributed by atoms with Gasteiger partial charge in [0.05, 0.1) is 4.90 Å². The van der Waals surface area contributed by atoms with Crippen LogP contribution in [0.1, 0.15) is 37.7 Å². The largest absolute Gasteiger partial charge is 0.398 e. The Balaban J connectivity index is 1.83. The normalized spacial score (nSPS) is 27.3. The molecule has 1 aliphatic heterocycles. The van der Waals surface area contributed by atoms with Gasteiger partial charge in [-0.1, -0.05) is 25.3 Å². The number of nitrogens with two attached hydrogens (primary N) is 1. The number of anilines is 1. The summed E-state index contributed by atoms with van der Waals surface area (Å²) in [6.07, 6.45) is 6.00. The number of hydrogen-bond acceptors (Lipinski definition) is 3. The fraction of sp³-hybridized carbons (Fsp3) is 0.625. The average Bonchev–Trinajstić information content (AvgIpc) is 2.49. The van der Waals surface area contributed by atoms with Gasteiger partial charge in [-0.2, -0.15) is 4.31 Å². The molecule has 2 aliphatic rings. The van der Waals surface area contributed by atoms with E-state index in [4.69, 9.17) is 5.73 Å². The molecule has 0 aromatic heterocycles. The van der Waals surface area contributed by atoms with E-state index in [0.717, 1.165) is 17.9 Å². The number of aryl methyl sites for hydroxylation is 1. The smallest absolute Gasteiger partial charge is 0.243 e. The van der Waals surface area contributed by atoms with Crippen molar-refractivity contribution >= 4 is 15.7 Å². The van der Waals surface area contributed by atoms with Gasteiger partial charge in [-0.05, 0) is 49.3 Å². The van der Waals surface area contributed by atoms with E-state index in [1.54, 1.807) is 22.5 Å². The predicted octanol–water partition coefficient (Wildman–Crippen LogP) is 2.78. The first-order valence-electron chi connectivity index (χ1n) is 7.85. The molecule has 0 radical (unpaired) electrons. The van der Waals surface area contributed by atoms with Crippen LogP contribution in [0.2, 0.25) is 0 Å². The molecule has 0 amide bonds. The van der Waals surface area contributed by atoms with Crippen LogP contribution in [0.5, 0.6) is 0 Å². The molecule has 1 saturated carbocycles. The second kappa shape index (κ2) is 5.61. The fourth-order valence-corrected chi connectivity index (χ4v) is 5.26. The molecular formula is C16H24N2O2S. The zero-order valence-corrected chi connectivity index (χ0v) is 13.4. The molecule has 0 bridgehead atoms. The summed E-state index contributed by atoms with van der Waals surface area (Å²) in [5, 5.41) is 0. The Labute approximate surface area is 127 Å². The molecular weight excluding hydrogens is 284 g/mol. The molecule has 3 rings (SSSR count). The van der Waals surface area contributed by atoms with Crippen LogP contribution in [0.15, 0.2) is 23.1 Å². The Morgan fingerprint density at radius 3 is 2.57 bits per heavy atom. The SMILES string of the molecule is Cc1ccc(S(=O)(=O)N2CCC3CCCCC3C2)cc1N. The van der Waals surface area contributed by atoms with Gasteiger partial charge in [0.1, 0.15) is 0 Å². The van der Waals surface area contributed by atoms with Crippen LogP contribution in [-0.4, -0.2) is 25.8 Å². The topological polar surface area (TPSA) is 63.4 Å². The van der Waals surface area contributed by atoms with E-state index >= 15 is 0 Å². The minimum atomic E-state index is -3.40. The minimum absolute atomic E-state index is 0.333. The third kappa shape index (κ3) is 2.81. The van der Waals surface area contributed by atoms with Crippen LogP contribution in [-0.2, 0) is 10.0 Å². The van der Waals surface area contributed by atoms with Crippen molar-refractivity contribution in [1.82, 2.24) is 4.31 Å². The average molecular weight is 308 g/mol. The van der Waals surface area contributed by atoms with E-state index in [-0.39, 0.29) is 0 Å². The van der Waals surface area contributed by atoms with Gasteiger partial charge in [0.2, 0.25) is 10.0 Å². The highest BCUT2D eigenvalue weighted by Crippen LogP contribution is 2.37. The summed E-state index contributed by atoms with van der Waals surface area (Å²) in [5.41, 5.74) is 7.33. The van der Waals surface area contributed by atoms with E-state index in [1.165, 1.54) is 25.7 Å². The van der Waals surface area contributed by atoms with Gasteiger partial charge < -0.3 is 5.73 Å². The molecule has 2 atom stereocenters. The van der Waals surface area contributed by atoms with Crippen LogP contribution in [0.4, 0.5) is 5.69 Å². The molecule has 2 fully saturated rings. The van der Waals surface area contributed by atoms with Crippen LogP contribution in [0.25, 0.3) is 0 Å². The van der Waals surface area contributed by atoms with Crippen LogP contribution < -0.4 is 5.73 Å². The Morgan fingerprint density at radius 1 is 1.14 bits per heavy atom. The molecule has 4 nitrogen and oxygen atoms in total. The van der Waals surface area contributed by atoms with Gasteiger partial charge in [-0.3, -0.25) is 0 Å². The number of nitrogens with zero attached hydrogens (tertiary/aromatic N) is 1. The quantitative estimate of drug-likeness (QED) is 0.855. The molecule has 21 heavy (non-hydrogen) atoms. The summed E-state index contributed by atoms with van der Waals surface area (Å²) in [6.45, 7) is 3.22. The Hall–Kier alpha value is -1.07. The number of benzene rings is 1. The van der Waals surface area contributed by atoms with E-state index < -0.39 is 10.0 Å². The maximum absolute atomic E-state index is 12.8. The van der Waals surface area contributed by atoms with Crippen molar-refractivity contribution in [1.29, 1.82) is 0 Å². The van der Waals surface area contributed by atoms with Crippen molar-refractivity contribution in [2.24, 2.45) is 11.8 Å². The minimum Gasteiger partial charge on any atom is -0.398 e. The summed E-state index contributed by atoms with van der Waals surface area (Å²) in [4.78, 5) is 0.333. The van der Waals surface area contributed by atoms with Crippen molar-refractivity contribution in [3.8, 4) is 0 Å². The molecule has 2 unspecified atom stereocenters. The second-order valence-corrected chi connectivity index (χ2v) is 8.41. The number of hydrogen-bond donors (Lipinski definition) is 1. The number of piperidine rings is 1. The Bertz CT molecular complexity index is 627. The highest BCUT2D eigenvalue weighted by atomic mass is 32.2. The van der Waals surface area contributed by atoms with Crippen molar-refractivity contribution in [2.45, 2.75) is 43.9 Å². The summed E-state index contributed by atoms with van der Waals surface area (Å²) in [6, 6.07) is 5.06. The third-order valence-corrected chi connectivity index (χ3v) is 7.00. The van der Waals surface area contributed by atoms with Crippen molar-refractivity contribution in [3.63, 3.8) is 0 Å². The maximum Gasteiger partial charge on any atom is 0.243 e. The summed E-state index contributed by atoms with van der Waals surface area (Å²) < 4.78 is 27.3. The van der Waals surface area contributed by atoms with E-state index in [0.29, 0.717) is 29.6 Å². The first-order valence-corrected chi connectivity index (χ1v) is 9.29. The lowest BCUT2D eigenvalue weighted by molar-refractivity contribution is 0.136. The van der Waals surface area contributed by atoms with Crippen molar-refractivity contribution in [2.75, 3.05) is 18.8 Å². The molecule has 1 aliphatic carbocycles. The molecule has 1 saturated heterocycles. The number of nitrogen functional groups attached to an aromatic ring is 1. The summed E-state index contributed by atoms with van der Waals surface area (Å²) >= 11 is 0. The summed E-state index contributed by atoms with van der Waals surface area (Å²) in [7, 11) is -3.40. The zero-order chi connectivity index (χ0) is 15.0. The highest BCUT2D eigenvalue weighted by molar-refractivity contribution is 7.89. The lowest BCUT2D eigenvalue weighted by atomic mass is 9.76. The second-order valence-electron chi connectivity index (χ2n) is 6.47. The van der Waals surface area contributed by atoms with Gasteiger partial charge in [-0.25, -0.2) is 8.42 Å². The number of rotatable bonds is 2. The number of fused-ring (bicyclic) bond motifs is 1. The van der Waals surface area contributed by atoms with Gasteiger partial charge >= 0.3 is 0 Å².